The summed E-state index contributed by atoms with van der Waals surface area (Å²) in [7, 11) is 0. The highest BCUT2D eigenvalue weighted by molar-refractivity contribution is 5.27. The zero-order chi connectivity index (χ0) is 19.9. The van der Waals surface area contributed by atoms with Crippen LogP contribution in [0, 0.1) is 12.8 Å². The molecule has 0 aliphatic carbocycles. The van der Waals surface area contributed by atoms with E-state index >= 15 is 0 Å². The van der Waals surface area contributed by atoms with E-state index in [4.69, 9.17) is 0 Å². The highest BCUT2D eigenvalue weighted by Gasteiger charge is 2.05. The second kappa shape index (κ2) is 13.9. The highest BCUT2D eigenvalue weighted by Crippen LogP contribution is 2.16. The molecule has 1 aromatic heterocycles. The average Bonchev–Trinajstić information content (AvgIpc) is 2.65. The molecule has 0 aromatic carbocycles. The molecule has 1 rings (SSSR count). The Morgan fingerprint density at radius 2 is 1.92 bits per heavy atom. The molecule has 144 valence electrons. The molecular weight excluding hydrogens is 318 g/mol. The van der Waals surface area contributed by atoms with Gasteiger partial charge in [0.25, 0.3) is 0 Å². The second-order valence-corrected chi connectivity index (χ2v) is 6.18. The Balaban J connectivity index is 0.00000301. The van der Waals surface area contributed by atoms with Crippen LogP contribution < -0.4 is 10.6 Å². The van der Waals surface area contributed by atoms with Gasteiger partial charge in [0.2, 0.25) is 0 Å². The summed E-state index contributed by atoms with van der Waals surface area (Å²) in [4.78, 5) is 4.53. The van der Waals surface area contributed by atoms with Gasteiger partial charge in [-0.3, -0.25) is 4.98 Å². The van der Waals surface area contributed by atoms with E-state index in [0.29, 0.717) is 12.5 Å². The molecule has 26 heavy (non-hydrogen) atoms. The first-order valence-corrected chi connectivity index (χ1v) is 9.56. The molecule has 1 aromatic rings. The summed E-state index contributed by atoms with van der Waals surface area (Å²) in [6.45, 7) is 23.7. The van der Waals surface area contributed by atoms with Crippen molar-refractivity contribution in [3.8, 4) is 0 Å². The first-order chi connectivity index (χ1) is 12.5. The minimum atomic E-state index is 0.509. The molecule has 0 spiro atoms. The Labute approximate surface area is 161 Å². The van der Waals surface area contributed by atoms with Crippen molar-refractivity contribution in [3.05, 3.63) is 78.4 Å². The van der Waals surface area contributed by atoms with Crippen molar-refractivity contribution in [3.63, 3.8) is 0 Å². The third-order valence-electron chi connectivity index (χ3n) is 3.97. The SMILES string of the molecule is C=CNCc1cc(C)cnc1CNC(=C)/C=C\C(=C)C(C)CCC.CC. The molecule has 0 saturated carbocycles. The second-order valence-electron chi connectivity index (χ2n) is 6.18. The largest absolute Gasteiger partial charge is 0.387 e. The molecule has 0 aliphatic heterocycles. The van der Waals surface area contributed by atoms with Gasteiger partial charge in [0, 0.05) is 18.4 Å². The molecule has 0 aliphatic rings. The molecule has 0 bridgehead atoms. The smallest absolute Gasteiger partial charge is 0.0644 e. The van der Waals surface area contributed by atoms with Gasteiger partial charge >= 0.3 is 0 Å². The lowest BCUT2D eigenvalue weighted by atomic mass is 9.97. The fourth-order valence-corrected chi connectivity index (χ4v) is 2.40. The molecule has 1 atom stereocenters. The summed E-state index contributed by atoms with van der Waals surface area (Å²) < 4.78 is 0. The third-order valence-corrected chi connectivity index (χ3v) is 3.97. The average molecular weight is 356 g/mol. The number of rotatable bonds is 11. The van der Waals surface area contributed by atoms with Crippen LogP contribution in [-0.4, -0.2) is 4.98 Å². The van der Waals surface area contributed by atoms with E-state index in [0.717, 1.165) is 35.5 Å². The topological polar surface area (TPSA) is 37.0 Å². The first-order valence-electron chi connectivity index (χ1n) is 9.56. The van der Waals surface area contributed by atoms with Crippen molar-refractivity contribution in [1.82, 2.24) is 15.6 Å². The van der Waals surface area contributed by atoms with Gasteiger partial charge in [0.15, 0.2) is 0 Å². The van der Waals surface area contributed by atoms with E-state index < -0.39 is 0 Å². The first kappa shape index (κ1) is 23.7. The van der Waals surface area contributed by atoms with Crippen LogP contribution in [0.25, 0.3) is 0 Å². The Morgan fingerprint density at radius 1 is 1.23 bits per heavy atom. The lowest BCUT2D eigenvalue weighted by Gasteiger charge is -2.12. The normalized spacial score (nSPS) is 11.3. The maximum Gasteiger partial charge on any atom is 0.0644 e. The highest BCUT2D eigenvalue weighted by atomic mass is 14.9. The number of allylic oxidation sites excluding steroid dienone is 3. The fourth-order valence-electron chi connectivity index (χ4n) is 2.40. The summed E-state index contributed by atoms with van der Waals surface area (Å²) in [5.41, 5.74) is 5.34. The summed E-state index contributed by atoms with van der Waals surface area (Å²) >= 11 is 0. The van der Waals surface area contributed by atoms with Crippen molar-refractivity contribution >= 4 is 0 Å². The van der Waals surface area contributed by atoms with Gasteiger partial charge in [-0.25, -0.2) is 0 Å². The minimum Gasteiger partial charge on any atom is -0.387 e. The van der Waals surface area contributed by atoms with Crippen molar-refractivity contribution < 1.29 is 0 Å². The number of hydrogen-bond donors (Lipinski definition) is 2. The predicted molar refractivity (Wildman–Crippen MR) is 116 cm³/mol. The summed E-state index contributed by atoms with van der Waals surface area (Å²) in [5.74, 6) is 0.509. The number of pyridine rings is 1. The van der Waals surface area contributed by atoms with Crippen molar-refractivity contribution in [2.75, 3.05) is 0 Å². The molecule has 3 heteroatoms. The van der Waals surface area contributed by atoms with Crippen LogP contribution in [-0.2, 0) is 13.1 Å². The molecule has 1 heterocycles. The van der Waals surface area contributed by atoms with Crippen molar-refractivity contribution in [1.29, 1.82) is 0 Å². The molecule has 0 amide bonds. The van der Waals surface area contributed by atoms with E-state index in [1.165, 1.54) is 12.0 Å². The number of aromatic nitrogens is 1. The van der Waals surface area contributed by atoms with Crippen LogP contribution in [0.5, 0.6) is 0 Å². The summed E-state index contributed by atoms with van der Waals surface area (Å²) in [6, 6.07) is 2.15. The number of hydrogen-bond acceptors (Lipinski definition) is 3. The summed E-state index contributed by atoms with van der Waals surface area (Å²) in [5, 5.41) is 6.46. The Hall–Kier alpha value is -2.29. The maximum absolute atomic E-state index is 4.53. The van der Waals surface area contributed by atoms with Gasteiger partial charge in [0.05, 0.1) is 12.2 Å². The lowest BCUT2D eigenvalue weighted by molar-refractivity contribution is 0.614. The van der Waals surface area contributed by atoms with Crippen LogP contribution in [0.15, 0.2) is 61.6 Å². The quantitative estimate of drug-likeness (QED) is 0.492. The van der Waals surface area contributed by atoms with E-state index in [1.54, 1.807) is 6.20 Å². The molecule has 0 radical (unpaired) electrons. The van der Waals surface area contributed by atoms with Crippen molar-refractivity contribution in [2.45, 2.75) is 60.5 Å². The van der Waals surface area contributed by atoms with Crippen LogP contribution in [0.1, 0.15) is 57.4 Å². The van der Waals surface area contributed by atoms with E-state index in [2.05, 4.69) is 61.3 Å². The van der Waals surface area contributed by atoms with E-state index in [9.17, 15) is 0 Å². The van der Waals surface area contributed by atoms with Gasteiger partial charge < -0.3 is 10.6 Å². The van der Waals surface area contributed by atoms with Crippen LogP contribution >= 0.6 is 0 Å². The zero-order valence-corrected chi connectivity index (χ0v) is 17.4. The third kappa shape index (κ3) is 9.26. The van der Waals surface area contributed by atoms with Crippen LogP contribution in [0.2, 0.25) is 0 Å². The standard InChI is InChI=1S/C21H31N3.C2H6/c1-7-9-17(4)18(5)10-11-19(6)23-15-21-20(14-22-8-2)12-16(3)13-24-21;1-2/h8,10-13,17,22-23H,2,5-7,9,14-15H2,1,3-4H3;1-2H3/b11-10-;. The predicted octanol–water partition coefficient (Wildman–Crippen LogP) is 5.80. The van der Waals surface area contributed by atoms with Gasteiger partial charge in [-0.15, -0.1) is 0 Å². The fraction of sp³-hybridized carbons (Fsp3) is 0.435. The molecule has 2 N–H and O–H groups in total. The molecule has 1 unspecified atom stereocenters. The zero-order valence-electron chi connectivity index (χ0n) is 17.4. The Bertz CT molecular complexity index is 599. The van der Waals surface area contributed by atoms with Gasteiger partial charge in [-0.2, -0.15) is 0 Å². The minimum absolute atomic E-state index is 0.509. The number of nitrogens with zero attached hydrogens (tertiary/aromatic N) is 1. The van der Waals surface area contributed by atoms with E-state index in [-0.39, 0.29) is 0 Å². The maximum atomic E-state index is 4.53. The number of nitrogens with one attached hydrogen (secondary N) is 2. The van der Waals surface area contributed by atoms with Gasteiger partial charge in [0.1, 0.15) is 0 Å². The van der Waals surface area contributed by atoms with Gasteiger partial charge in [-0.05, 0) is 42.7 Å². The monoisotopic (exact) mass is 355 g/mol. The summed E-state index contributed by atoms with van der Waals surface area (Å²) in [6.07, 6.45) is 9.97. The Morgan fingerprint density at radius 3 is 2.54 bits per heavy atom. The van der Waals surface area contributed by atoms with Crippen molar-refractivity contribution in [2.24, 2.45) is 5.92 Å². The van der Waals surface area contributed by atoms with Gasteiger partial charge in [-0.1, -0.05) is 71.6 Å². The van der Waals surface area contributed by atoms with Crippen LogP contribution in [0.4, 0.5) is 0 Å². The lowest BCUT2D eigenvalue weighted by Crippen LogP contribution is -2.16. The molecular formula is C23H37N3. The Kier molecular flexibility index (Phi) is 12.7. The van der Waals surface area contributed by atoms with Crippen LogP contribution in [0.3, 0.4) is 0 Å². The van der Waals surface area contributed by atoms with E-state index in [1.807, 2.05) is 33.0 Å². The molecule has 0 fully saturated rings. The molecule has 0 saturated heterocycles. The number of aryl methyl sites for hydroxylation is 1. The molecule has 3 nitrogen and oxygen atoms in total.